The normalized spacial score (nSPS) is 13.8. The molecule has 1 unspecified atom stereocenters. The van der Waals surface area contributed by atoms with E-state index < -0.39 is 0 Å². The van der Waals surface area contributed by atoms with Crippen LogP contribution in [0.1, 0.15) is 53.9 Å². The van der Waals surface area contributed by atoms with Gasteiger partial charge in [0.2, 0.25) is 0 Å². The van der Waals surface area contributed by atoms with Gasteiger partial charge in [-0.3, -0.25) is 9.69 Å². The molecule has 0 rings (SSSR count). The Morgan fingerprint density at radius 3 is 2.00 bits per heavy atom. The molecule has 0 amide bonds. The third kappa shape index (κ3) is 5.61. The molecule has 96 valence electrons. The lowest BCUT2D eigenvalue weighted by Gasteiger charge is -2.38. The van der Waals surface area contributed by atoms with Crippen molar-refractivity contribution in [3.05, 3.63) is 0 Å². The van der Waals surface area contributed by atoms with Gasteiger partial charge in [-0.1, -0.05) is 0 Å². The quantitative estimate of drug-likeness (QED) is 0.692. The second-order valence-electron chi connectivity index (χ2n) is 5.13. The first-order chi connectivity index (χ1) is 7.40. The number of nitrogens with zero attached hydrogens (tertiary/aromatic N) is 1. The third-order valence-corrected chi connectivity index (χ3v) is 2.88. The topological polar surface area (TPSA) is 46.3 Å². The molecule has 0 aromatic heterocycles. The number of Topliss-reactive ketones (excluding diaryl/α,β-unsaturated/α-hetero) is 1. The maximum absolute atomic E-state index is 11.3. The first-order valence-electron chi connectivity index (χ1n) is 6.37. The maximum Gasteiger partial charge on any atom is 0.131 e. The van der Waals surface area contributed by atoms with Gasteiger partial charge in [-0.25, -0.2) is 0 Å². The zero-order valence-corrected chi connectivity index (χ0v) is 11.5. The van der Waals surface area contributed by atoms with Crippen molar-refractivity contribution in [2.75, 3.05) is 6.54 Å². The zero-order chi connectivity index (χ0) is 12.7. The monoisotopic (exact) mass is 228 g/mol. The molecule has 0 radical (unpaired) electrons. The molecule has 16 heavy (non-hydrogen) atoms. The molecule has 0 aromatic carbocycles. The second-order valence-corrected chi connectivity index (χ2v) is 5.13. The van der Waals surface area contributed by atoms with Crippen LogP contribution in [0.15, 0.2) is 0 Å². The molecule has 0 heterocycles. The van der Waals surface area contributed by atoms with E-state index in [4.69, 9.17) is 5.73 Å². The van der Waals surface area contributed by atoms with Crippen molar-refractivity contribution in [2.24, 2.45) is 5.73 Å². The lowest BCUT2D eigenvalue weighted by molar-refractivity contribution is -0.118. The van der Waals surface area contributed by atoms with Gasteiger partial charge >= 0.3 is 0 Å². The predicted octanol–water partition coefficient (Wildman–Crippen LogP) is 2.19. The molecule has 0 fully saturated rings. The smallest absolute Gasteiger partial charge is 0.131 e. The molecule has 0 aromatic rings. The maximum atomic E-state index is 11.3. The van der Waals surface area contributed by atoms with Gasteiger partial charge in [0.25, 0.3) is 0 Å². The molecule has 0 bridgehead atoms. The molecule has 0 aliphatic carbocycles. The van der Waals surface area contributed by atoms with Gasteiger partial charge in [0.1, 0.15) is 5.78 Å². The predicted molar refractivity (Wildman–Crippen MR) is 69.5 cm³/mol. The number of nitrogens with two attached hydrogens (primary N) is 1. The molecule has 3 nitrogen and oxygen atoms in total. The van der Waals surface area contributed by atoms with Crippen LogP contribution < -0.4 is 5.73 Å². The van der Waals surface area contributed by atoms with Gasteiger partial charge in [-0.15, -0.1) is 0 Å². The van der Waals surface area contributed by atoms with Crippen LogP contribution in [0, 0.1) is 0 Å². The summed E-state index contributed by atoms with van der Waals surface area (Å²) < 4.78 is 0. The molecule has 0 saturated heterocycles. The van der Waals surface area contributed by atoms with Crippen molar-refractivity contribution in [2.45, 2.75) is 72.0 Å². The van der Waals surface area contributed by atoms with E-state index in [1.54, 1.807) is 6.92 Å². The van der Waals surface area contributed by atoms with E-state index in [-0.39, 0.29) is 5.78 Å². The SMILES string of the molecule is CC(=O)CC(CCCN)N(C(C)C)C(C)C. The van der Waals surface area contributed by atoms with Crippen LogP contribution in [0.3, 0.4) is 0 Å². The summed E-state index contributed by atoms with van der Waals surface area (Å²) in [6.45, 7) is 11.1. The molecule has 3 heteroatoms. The highest BCUT2D eigenvalue weighted by Gasteiger charge is 2.24. The fourth-order valence-corrected chi connectivity index (χ4v) is 2.48. The Morgan fingerprint density at radius 2 is 1.69 bits per heavy atom. The lowest BCUT2D eigenvalue weighted by Crippen LogP contribution is -2.46. The van der Waals surface area contributed by atoms with Gasteiger partial charge in [0, 0.05) is 24.5 Å². The van der Waals surface area contributed by atoms with E-state index in [1.165, 1.54) is 0 Å². The Hall–Kier alpha value is -0.410. The van der Waals surface area contributed by atoms with E-state index in [0.717, 1.165) is 12.8 Å². The Balaban J connectivity index is 4.59. The Kier molecular flexibility index (Phi) is 7.60. The first kappa shape index (κ1) is 15.6. The fourth-order valence-electron chi connectivity index (χ4n) is 2.48. The number of ketones is 1. The minimum absolute atomic E-state index is 0.272. The Morgan fingerprint density at radius 1 is 1.19 bits per heavy atom. The summed E-state index contributed by atoms with van der Waals surface area (Å²) >= 11 is 0. The number of rotatable bonds is 8. The average molecular weight is 228 g/mol. The largest absolute Gasteiger partial charge is 0.330 e. The molecular weight excluding hydrogens is 200 g/mol. The van der Waals surface area contributed by atoms with Crippen molar-refractivity contribution in [3.8, 4) is 0 Å². The van der Waals surface area contributed by atoms with E-state index in [9.17, 15) is 4.79 Å². The van der Waals surface area contributed by atoms with Gasteiger partial charge in [-0.2, -0.15) is 0 Å². The summed E-state index contributed by atoms with van der Waals surface area (Å²) in [6, 6.07) is 1.30. The zero-order valence-electron chi connectivity index (χ0n) is 11.5. The number of carbonyl (C=O) groups excluding carboxylic acids is 1. The van der Waals surface area contributed by atoms with E-state index in [0.29, 0.717) is 31.1 Å². The van der Waals surface area contributed by atoms with Gasteiger partial charge in [0.15, 0.2) is 0 Å². The van der Waals surface area contributed by atoms with E-state index in [1.807, 2.05) is 0 Å². The second kappa shape index (κ2) is 7.80. The van der Waals surface area contributed by atoms with Gasteiger partial charge < -0.3 is 5.73 Å². The molecule has 1 atom stereocenters. The van der Waals surface area contributed by atoms with Crippen LogP contribution in [0.25, 0.3) is 0 Å². The summed E-state index contributed by atoms with van der Waals surface area (Å²) in [7, 11) is 0. The minimum Gasteiger partial charge on any atom is -0.330 e. The first-order valence-corrected chi connectivity index (χ1v) is 6.37. The third-order valence-electron chi connectivity index (χ3n) is 2.88. The van der Waals surface area contributed by atoms with Crippen molar-refractivity contribution in [1.82, 2.24) is 4.90 Å². The van der Waals surface area contributed by atoms with Gasteiger partial charge in [0.05, 0.1) is 0 Å². The molecule has 0 aliphatic rings. The van der Waals surface area contributed by atoms with Crippen molar-refractivity contribution in [1.29, 1.82) is 0 Å². The van der Waals surface area contributed by atoms with Crippen molar-refractivity contribution in [3.63, 3.8) is 0 Å². The standard InChI is InChI=1S/C13H28N2O/c1-10(2)15(11(3)4)13(7-6-8-14)9-12(5)16/h10-11,13H,6-9,14H2,1-5H3. The number of hydrogen-bond acceptors (Lipinski definition) is 3. The summed E-state index contributed by atoms with van der Waals surface area (Å²) in [5, 5.41) is 0. The summed E-state index contributed by atoms with van der Waals surface area (Å²) in [6.07, 6.45) is 2.66. The molecule has 0 aliphatic heterocycles. The van der Waals surface area contributed by atoms with Crippen molar-refractivity contribution < 1.29 is 4.79 Å². The van der Waals surface area contributed by atoms with Crippen LogP contribution in [0.2, 0.25) is 0 Å². The van der Waals surface area contributed by atoms with Crippen LogP contribution in [0.5, 0.6) is 0 Å². The highest BCUT2D eigenvalue weighted by molar-refractivity contribution is 5.76. The van der Waals surface area contributed by atoms with Crippen LogP contribution in [-0.4, -0.2) is 35.4 Å². The minimum atomic E-state index is 0.272. The average Bonchev–Trinajstić information content (AvgIpc) is 2.11. The van der Waals surface area contributed by atoms with Crippen LogP contribution in [0.4, 0.5) is 0 Å². The molecular formula is C13H28N2O. The van der Waals surface area contributed by atoms with Crippen molar-refractivity contribution >= 4 is 5.78 Å². The Bertz CT molecular complexity index is 194. The fraction of sp³-hybridized carbons (Fsp3) is 0.923. The lowest BCUT2D eigenvalue weighted by atomic mass is 10.0. The summed E-state index contributed by atoms with van der Waals surface area (Å²) in [5.74, 6) is 0.272. The number of hydrogen-bond donors (Lipinski definition) is 1. The molecule has 2 N–H and O–H groups in total. The van der Waals surface area contributed by atoms with Gasteiger partial charge in [-0.05, 0) is 54.0 Å². The Labute approximate surface area is 100 Å². The molecule has 0 spiro atoms. The van der Waals surface area contributed by atoms with Crippen LogP contribution >= 0.6 is 0 Å². The highest BCUT2D eigenvalue weighted by atomic mass is 16.1. The summed E-state index contributed by atoms with van der Waals surface area (Å²) in [4.78, 5) is 13.7. The van der Waals surface area contributed by atoms with E-state index in [2.05, 4.69) is 32.6 Å². The highest BCUT2D eigenvalue weighted by Crippen LogP contribution is 2.18. The number of carbonyl (C=O) groups is 1. The van der Waals surface area contributed by atoms with Crippen LogP contribution in [-0.2, 0) is 4.79 Å². The molecule has 0 saturated carbocycles. The summed E-state index contributed by atoms with van der Waals surface area (Å²) in [5.41, 5.74) is 5.56. The van der Waals surface area contributed by atoms with E-state index >= 15 is 0 Å².